The van der Waals surface area contributed by atoms with Gasteiger partial charge in [-0.3, -0.25) is 9.82 Å². The van der Waals surface area contributed by atoms with Crippen LogP contribution in [0.5, 0.6) is 0 Å². The first kappa shape index (κ1) is 11.7. The van der Waals surface area contributed by atoms with Crippen LogP contribution >= 0.6 is 0 Å². The number of hydrogen-bond acceptors (Lipinski definition) is 4. The summed E-state index contributed by atoms with van der Waals surface area (Å²) in [4.78, 5) is 21.3. The SMILES string of the molecule is O=C(OCc1ccccn1)N1OCc2ccccc21. The molecule has 0 spiro atoms. The van der Waals surface area contributed by atoms with Crippen molar-refractivity contribution in [3.8, 4) is 0 Å². The fraction of sp³-hybridized carbons (Fsp3) is 0.143. The molecule has 0 unspecified atom stereocenters. The molecule has 0 saturated heterocycles. The lowest BCUT2D eigenvalue weighted by Crippen LogP contribution is -2.27. The predicted octanol–water partition coefficient (Wildman–Crippen LogP) is 2.67. The van der Waals surface area contributed by atoms with Crippen molar-refractivity contribution in [2.45, 2.75) is 13.2 Å². The summed E-state index contributed by atoms with van der Waals surface area (Å²) in [7, 11) is 0. The van der Waals surface area contributed by atoms with Crippen molar-refractivity contribution in [3.05, 3.63) is 59.9 Å². The van der Waals surface area contributed by atoms with Gasteiger partial charge in [0.15, 0.2) is 0 Å². The molecule has 19 heavy (non-hydrogen) atoms. The molecule has 0 N–H and O–H groups in total. The van der Waals surface area contributed by atoms with Crippen LogP contribution in [-0.4, -0.2) is 11.1 Å². The van der Waals surface area contributed by atoms with Crippen molar-refractivity contribution in [1.29, 1.82) is 0 Å². The van der Waals surface area contributed by atoms with Crippen molar-refractivity contribution in [3.63, 3.8) is 0 Å². The minimum absolute atomic E-state index is 0.127. The van der Waals surface area contributed by atoms with Crippen molar-refractivity contribution in [2.75, 3.05) is 5.06 Å². The molecule has 1 amide bonds. The Morgan fingerprint density at radius 1 is 1.26 bits per heavy atom. The van der Waals surface area contributed by atoms with Crippen molar-refractivity contribution in [1.82, 2.24) is 4.98 Å². The number of benzene rings is 1. The van der Waals surface area contributed by atoms with Gasteiger partial charge in [-0.1, -0.05) is 24.3 Å². The Morgan fingerprint density at radius 3 is 2.95 bits per heavy atom. The normalized spacial score (nSPS) is 13.2. The number of ether oxygens (including phenoxy) is 1. The first-order valence-corrected chi connectivity index (χ1v) is 5.92. The maximum atomic E-state index is 11.9. The molecule has 0 fully saturated rings. The number of nitrogens with zero attached hydrogens (tertiary/aromatic N) is 2. The van der Waals surface area contributed by atoms with Gasteiger partial charge in [-0.2, -0.15) is 5.06 Å². The van der Waals surface area contributed by atoms with Gasteiger partial charge in [-0.25, -0.2) is 4.79 Å². The Morgan fingerprint density at radius 2 is 2.11 bits per heavy atom. The number of fused-ring (bicyclic) bond motifs is 1. The summed E-state index contributed by atoms with van der Waals surface area (Å²) in [5.74, 6) is 0. The van der Waals surface area contributed by atoms with Crippen LogP contribution in [0.4, 0.5) is 10.5 Å². The summed E-state index contributed by atoms with van der Waals surface area (Å²) in [6.07, 6.45) is 1.13. The quantitative estimate of drug-likeness (QED) is 0.829. The Hall–Kier alpha value is -2.40. The highest BCUT2D eigenvalue weighted by atomic mass is 16.7. The first-order valence-electron chi connectivity index (χ1n) is 5.92. The van der Waals surface area contributed by atoms with Gasteiger partial charge < -0.3 is 4.74 Å². The molecule has 96 valence electrons. The van der Waals surface area contributed by atoms with E-state index in [9.17, 15) is 4.79 Å². The molecule has 1 aromatic heterocycles. The molecule has 2 aromatic rings. The molecule has 0 saturated carbocycles. The second-order valence-electron chi connectivity index (χ2n) is 4.07. The number of hydrogen-bond donors (Lipinski definition) is 0. The predicted molar refractivity (Wildman–Crippen MR) is 68.1 cm³/mol. The number of rotatable bonds is 2. The number of hydroxylamine groups is 1. The van der Waals surface area contributed by atoms with E-state index in [4.69, 9.17) is 9.57 Å². The molecule has 3 rings (SSSR count). The molecule has 0 radical (unpaired) electrons. The Kier molecular flexibility index (Phi) is 3.12. The molecule has 0 aliphatic carbocycles. The van der Waals surface area contributed by atoms with E-state index in [1.165, 1.54) is 5.06 Å². The van der Waals surface area contributed by atoms with Gasteiger partial charge >= 0.3 is 6.09 Å². The third-order valence-corrected chi connectivity index (χ3v) is 2.80. The van der Waals surface area contributed by atoms with Gasteiger partial charge in [-0.15, -0.1) is 0 Å². The van der Waals surface area contributed by atoms with E-state index in [1.54, 1.807) is 12.3 Å². The molecule has 5 nitrogen and oxygen atoms in total. The number of carbonyl (C=O) groups excluding carboxylic acids is 1. The Labute approximate surface area is 110 Å². The van der Waals surface area contributed by atoms with Crippen LogP contribution in [0.15, 0.2) is 48.7 Å². The second kappa shape index (κ2) is 5.07. The number of para-hydroxylation sites is 1. The molecule has 1 aliphatic rings. The van der Waals surface area contributed by atoms with E-state index < -0.39 is 6.09 Å². The standard InChI is InChI=1S/C14H12N2O3/c17-14(18-10-12-6-3-4-8-15-12)16-13-7-2-1-5-11(13)9-19-16/h1-8H,9-10H2. The lowest BCUT2D eigenvalue weighted by atomic mass is 10.2. The van der Waals surface area contributed by atoms with Crippen molar-refractivity contribution in [2.24, 2.45) is 0 Å². The summed E-state index contributed by atoms with van der Waals surface area (Å²) >= 11 is 0. The third-order valence-electron chi connectivity index (χ3n) is 2.80. The lowest BCUT2D eigenvalue weighted by Gasteiger charge is -2.14. The van der Waals surface area contributed by atoms with E-state index in [1.807, 2.05) is 36.4 Å². The maximum Gasteiger partial charge on any atom is 0.439 e. The lowest BCUT2D eigenvalue weighted by molar-refractivity contribution is 0.0762. The van der Waals surface area contributed by atoms with E-state index in [0.717, 1.165) is 11.3 Å². The van der Waals surface area contributed by atoms with E-state index in [-0.39, 0.29) is 6.61 Å². The molecule has 0 atom stereocenters. The Bertz CT molecular complexity index is 586. The van der Waals surface area contributed by atoms with E-state index in [0.29, 0.717) is 12.3 Å². The van der Waals surface area contributed by atoms with Crippen LogP contribution in [0.1, 0.15) is 11.3 Å². The van der Waals surface area contributed by atoms with Gasteiger partial charge in [0, 0.05) is 11.8 Å². The van der Waals surface area contributed by atoms with Gasteiger partial charge in [-0.05, 0) is 18.2 Å². The Balaban J connectivity index is 1.66. The fourth-order valence-corrected chi connectivity index (χ4v) is 1.86. The van der Waals surface area contributed by atoms with Crippen molar-refractivity contribution >= 4 is 11.8 Å². The first-order chi connectivity index (χ1) is 9.34. The number of anilines is 1. The van der Waals surface area contributed by atoms with E-state index >= 15 is 0 Å². The summed E-state index contributed by atoms with van der Waals surface area (Å²) < 4.78 is 5.17. The molecule has 1 aliphatic heterocycles. The molecule has 5 heteroatoms. The summed E-state index contributed by atoms with van der Waals surface area (Å²) in [5.41, 5.74) is 2.40. The van der Waals surface area contributed by atoms with Crippen LogP contribution in [0.2, 0.25) is 0 Å². The molecular formula is C14H12N2O3. The monoisotopic (exact) mass is 256 g/mol. The number of pyridine rings is 1. The number of amides is 1. The van der Waals surface area contributed by atoms with Crippen LogP contribution in [0, 0.1) is 0 Å². The zero-order chi connectivity index (χ0) is 13.1. The smallest absolute Gasteiger partial charge is 0.439 e. The number of aromatic nitrogens is 1. The summed E-state index contributed by atoms with van der Waals surface area (Å²) in [6.45, 7) is 0.510. The topological polar surface area (TPSA) is 51.7 Å². The third kappa shape index (κ3) is 2.41. The minimum atomic E-state index is -0.532. The molecule has 1 aromatic carbocycles. The fourth-order valence-electron chi connectivity index (χ4n) is 1.86. The highest BCUT2D eigenvalue weighted by molar-refractivity contribution is 5.87. The van der Waals surface area contributed by atoms with Gasteiger partial charge in [0.25, 0.3) is 0 Å². The summed E-state index contributed by atoms with van der Waals surface area (Å²) in [6, 6.07) is 13.0. The zero-order valence-corrected chi connectivity index (χ0v) is 10.2. The average Bonchev–Trinajstić information content (AvgIpc) is 2.90. The van der Waals surface area contributed by atoms with Gasteiger partial charge in [0.1, 0.15) is 13.2 Å². The van der Waals surface area contributed by atoms with Crippen molar-refractivity contribution < 1.29 is 14.4 Å². The molecule has 0 bridgehead atoms. The van der Waals surface area contributed by atoms with Gasteiger partial charge in [0.2, 0.25) is 0 Å². The highest BCUT2D eigenvalue weighted by Gasteiger charge is 2.27. The molecule has 2 heterocycles. The van der Waals surface area contributed by atoms with Crippen LogP contribution in [-0.2, 0) is 22.8 Å². The summed E-state index contributed by atoms with van der Waals surface area (Å²) in [5, 5.41) is 1.18. The average molecular weight is 256 g/mol. The minimum Gasteiger partial charge on any atom is -0.441 e. The van der Waals surface area contributed by atoms with Gasteiger partial charge in [0.05, 0.1) is 11.4 Å². The van der Waals surface area contributed by atoms with Crippen LogP contribution in [0.25, 0.3) is 0 Å². The highest BCUT2D eigenvalue weighted by Crippen LogP contribution is 2.28. The second-order valence-corrected chi connectivity index (χ2v) is 4.07. The van der Waals surface area contributed by atoms with Crippen LogP contribution < -0.4 is 5.06 Å². The maximum absolute atomic E-state index is 11.9. The molecular weight excluding hydrogens is 244 g/mol. The zero-order valence-electron chi connectivity index (χ0n) is 10.2. The van der Waals surface area contributed by atoms with E-state index in [2.05, 4.69) is 4.98 Å². The largest absolute Gasteiger partial charge is 0.441 e. The number of carbonyl (C=O) groups is 1. The van der Waals surface area contributed by atoms with Crippen LogP contribution in [0.3, 0.4) is 0 Å².